The van der Waals surface area contributed by atoms with Gasteiger partial charge in [-0.1, -0.05) is 24.3 Å². The van der Waals surface area contributed by atoms with E-state index >= 15 is 0 Å². The van der Waals surface area contributed by atoms with Crippen molar-refractivity contribution >= 4 is 0 Å². The number of hydrogen-bond donors (Lipinski definition) is 2. The Labute approximate surface area is 117 Å². The summed E-state index contributed by atoms with van der Waals surface area (Å²) >= 11 is 0. The van der Waals surface area contributed by atoms with E-state index in [4.69, 9.17) is 0 Å². The molecule has 0 bridgehead atoms. The van der Waals surface area contributed by atoms with Crippen molar-refractivity contribution in [2.24, 2.45) is 0 Å². The summed E-state index contributed by atoms with van der Waals surface area (Å²) in [5.74, 6) is -0.516. The van der Waals surface area contributed by atoms with Crippen LogP contribution in [-0.4, -0.2) is 14.1 Å². The van der Waals surface area contributed by atoms with E-state index in [9.17, 15) is 8.78 Å². The average molecular weight is 276 g/mol. The van der Waals surface area contributed by atoms with Crippen molar-refractivity contribution in [3.8, 4) is 0 Å². The molecular formula is C16H18F2N2. The second-order valence-corrected chi connectivity index (χ2v) is 4.64. The Morgan fingerprint density at radius 3 is 1.20 bits per heavy atom. The molecule has 2 atom stereocenters. The zero-order valence-electron chi connectivity index (χ0n) is 11.5. The lowest BCUT2D eigenvalue weighted by molar-refractivity contribution is 0.431. The first kappa shape index (κ1) is 14.6. The molecule has 4 heteroatoms. The maximum atomic E-state index is 13.0. The summed E-state index contributed by atoms with van der Waals surface area (Å²) in [4.78, 5) is 0. The molecule has 2 N–H and O–H groups in total. The van der Waals surface area contributed by atoms with Gasteiger partial charge in [0.15, 0.2) is 0 Å². The SMILES string of the molecule is CN[C@@H](c1ccc(F)cc1)[C@@H](NC)c1ccc(F)cc1. The molecule has 0 saturated carbocycles. The van der Waals surface area contributed by atoms with Crippen LogP contribution in [0.1, 0.15) is 23.2 Å². The van der Waals surface area contributed by atoms with Crippen molar-refractivity contribution in [2.45, 2.75) is 12.1 Å². The summed E-state index contributed by atoms with van der Waals surface area (Å²) in [6.45, 7) is 0. The Balaban J connectivity index is 2.32. The third kappa shape index (κ3) is 3.21. The topological polar surface area (TPSA) is 24.1 Å². The molecule has 0 spiro atoms. The van der Waals surface area contributed by atoms with Crippen LogP contribution in [0.5, 0.6) is 0 Å². The minimum atomic E-state index is -0.258. The monoisotopic (exact) mass is 276 g/mol. The Hall–Kier alpha value is -1.78. The van der Waals surface area contributed by atoms with E-state index in [-0.39, 0.29) is 23.7 Å². The lowest BCUT2D eigenvalue weighted by atomic mass is 9.93. The standard InChI is InChI=1S/C16H18F2N2/c1-19-15(11-3-7-13(17)8-4-11)16(20-2)12-5-9-14(18)10-6-12/h3-10,15-16,19-20H,1-2H3/t15-,16-/m0/s1. The molecule has 0 aliphatic carbocycles. The Bertz CT molecular complexity index is 486. The maximum absolute atomic E-state index is 13.0. The zero-order chi connectivity index (χ0) is 14.5. The van der Waals surface area contributed by atoms with E-state index in [0.717, 1.165) is 11.1 Å². The van der Waals surface area contributed by atoms with E-state index in [1.807, 2.05) is 14.1 Å². The largest absolute Gasteiger partial charge is 0.311 e. The smallest absolute Gasteiger partial charge is 0.123 e. The first-order valence-electron chi connectivity index (χ1n) is 6.51. The van der Waals surface area contributed by atoms with Crippen LogP contribution < -0.4 is 10.6 Å². The van der Waals surface area contributed by atoms with Crippen molar-refractivity contribution in [1.29, 1.82) is 0 Å². The summed E-state index contributed by atoms with van der Waals surface area (Å²) in [6, 6.07) is 12.7. The van der Waals surface area contributed by atoms with E-state index in [2.05, 4.69) is 10.6 Å². The summed E-state index contributed by atoms with van der Waals surface area (Å²) in [5, 5.41) is 6.45. The molecule has 0 fully saturated rings. The summed E-state index contributed by atoms with van der Waals surface area (Å²) < 4.78 is 26.1. The third-order valence-electron chi connectivity index (χ3n) is 3.41. The van der Waals surface area contributed by atoms with Gasteiger partial charge in [-0.25, -0.2) is 8.78 Å². The number of benzene rings is 2. The van der Waals surface area contributed by atoms with Crippen LogP contribution in [0.25, 0.3) is 0 Å². The summed E-state index contributed by atoms with van der Waals surface area (Å²) in [7, 11) is 3.70. The van der Waals surface area contributed by atoms with Gasteiger partial charge in [-0.2, -0.15) is 0 Å². The number of halogens is 2. The number of nitrogens with one attached hydrogen (secondary N) is 2. The molecule has 0 radical (unpaired) electrons. The Morgan fingerprint density at radius 2 is 0.950 bits per heavy atom. The van der Waals surface area contributed by atoms with Crippen molar-refractivity contribution in [3.05, 3.63) is 71.3 Å². The van der Waals surface area contributed by atoms with Gasteiger partial charge in [-0.05, 0) is 49.5 Å². The molecule has 106 valence electrons. The molecule has 0 amide bonds. The van der Waals surface area contributed by atoms with Crippen molar-refractivity contribution in [3.63, 3.8) is 0 Å². The normalized spacial score (nSPS) is 14.0. The van der Waals surface area contributed by atoms with Gasteiger partial charge in [0, 0.05) is 0 Å². The van der Waals surface area contributed by atoms with Gasteiger partial charge in [-0.3, -0.25) is 0 Å². The molecule has 0 saturated heterocycles. The molecular weight excluding hydrogens is 258 g/mol. The van der Waals surface area contributed by atoms with Crippen LogP contribution in [0, 0.1) is 11.6 Å². The van der Waals surface area contributed by atoms with E-state index in [1.165, 1.54) is 24.3 Å². The molecule has 0 unspecified atom stereocenters. The highest BCUT2D eigenvalue weighted by molar-refractivity contribution is 5.28. The number of hydrogen-bond acceptors (Lipinski definition) is 2. The van der Waals surface area contributed by atoms with Crippen molar-refractivity contribution in [2.75, 3.05) is 14.1 Å². The second-order valence-electron chi connectivity index (χ2n) is 4.64. The second kappa shape index (κ2) is 6.59. The van der Waals surface area contributed by atoms with E-state index in [0.29, 0.717) is 0 Å². The molecule has 2 nitrogen and oxygen atoms in total. The zero-order valence-corrected chi connectivity index (χ0v) is 11.5. The van der Waals surface area contributed by atoms with Gasteiger partial charge in [0.05, 0.1) is 12.1 Å². The predicted octanol–water partition coefficient (Wildman–Crippen LogP) is 3.19. The lowest BCUT2D eigenvalue weighted by Crippen LogP contribution is -2.31. The minimum Gasteiger partial charge on any atom is -0.311 e. The number of rotatable bonds is 5. The molecule has 2 aromatic rings. The fraction of sp³-hybridized carbons (Fsp3) is 0.250. The molecule has 2 aromatic carbocycles. The lowest BCUT2D eigenvalue weighted by Gasteiger charge is -2.27. The van der Waals surface area contributed by atoms with Gasteiger partial charge in [0.25, 0.3) is 0 Å². The van der Waals surface area contributed by atoms with Gasteiger partial charge < -0.3 is 10.6 Å². The highest BCUT2D eigenvalue weighted by Gasteiger charge is 2.22. The quantitative estimate of drug-likeness (QED) is 0.876. The first-order valence-corrected chi connectivity index (χ1v) is 6.51. The highest BCUT2D eigenvalue weighted by atomic mass is 19.1. The molecule has 0 heterocycles. The van der Waals surface area contributed by atoms with E-state index < -0.39 is 0 Å². The van der Waals surface area contributed by atoms with Gasteiger partial charge in [0.2, 0.25) is 0 Å². The molecule has 2 rings (SSSR count). The Kier molecular flexibility index (Phi) is 4.82. The minimum absolute atomic E-state index is 0.0361. The van der Waals surface area contributed by atoms with Gasteiger partial charge >= 0.3 is 0 Å². The third-order valence-corrected chi connectivity index (χ3v) is 3.41. The summed E-state index contributed by atoms with van der Waals surface area (Å²) in [6.07, 6.45) is 0. The van der Waals surface area contributed by atoms with Crippen LogP contribution in [0.15, 0.2) is 48.5 Å². The van der Waals surface area contributed by atoms with Gasteiger partial charge in [-0.15, -0.1) is 0 Å². The van der Waals surface area contributed by atoms with Crippen molar-refractivity contribution in [1.82, 2.24) is 10.6 Å². The molecule has 0 aromatic heterocycles. The number of likely N-dealkylation sites (N-methyl/N-ethyl adjacent to an activating group) is 2. The fourth-order valence-corrected chi connectivity index (χ4v) is 2.39. The molecule has 0 aliphatic heterocycles. The van der Waals surface area contributed by atoms with E-state index in [1.54, 1.807) is 24.3 Å². The average Bonchev–Trinajstić information content (AvgIpc) is 2.47. The van der Waals surface area contributed by atoms with Crippen LogP contribution in [0.3, 0.4) is 0 Å². The first-order chi connectivity index (χ1) is 9.65. The van der Waals surface area contributed by atoms with Crippen LogP contribution >= 0.6 is 0 Å². The van der Waals surface area contributed by atoms with Crippen LogP contribution in [0.2, 0.25) is 0 Å². The highest BCUT2D eigenvalue weighted by Crippen LogP contribution is 2.28. The van der Waals surface area contributed by atoms with Gasteiger partial charge in [0.1, 0.15) is 11.6 Å². The molecule has 0 aliphatic rings. The molecule has 20 heavy (non-hydrogen) atoms. The Morgan fingerprint density at radius 1 is 0.650 bits per heavy atom. The van der Waals surface area contributed by atoms with Crippen molar-refractivity contribution < 1.29 is 8.78 Å². The van der Waals surface area contributed by atoms with Crippen LogP contribution in [0.4, 0.5) is 8.78 Å². The summed E-state index contributed by atoms with van der Waals surface area (Å²) in [5.41, 5.74) is 1.94. The predicted molar refractivity (Wildman–Crippen MR) is 76.4 cm³/mol. The van der Waals surface area contributed by atoms with Crippen LogP contribution in [-0.2, 0) is 0 Å². The fourth-order valence-electron chi connectivity index (χ4n) is 2.39. The maximum Gasteiger partial charge on any atom is 0.123 e.